The number of nitrogens with one attached hydrogen (secondary N) is 1. The summed E-state index contributed by atoms with van der Waals surface area (Å²) >= 11 is 0. The number of hydrogen-bond donors (Lipinski definition) is 1. The Morgan fingerprint density at radius 1 is 1.26 bits per heavy atom. The third-order valence-electron chi connectivity index (χ3n) is 2.97. The van der Waals surface area contributed by atoms with Gasteiger partial charge in [0.1, 0.15) is 0 Å². The van der Waals surface area contributed by atoms with Gasteiger partial charge in [-0.05, 0) is 12.1 Å². The van der Waals surface area contributed by atoms with Crippen LogP contribution >= 0.6 is 0 Å². The molecular formula is C13H13N3O2S. The average molecular weight is 275 g/mol. The van der Waals surface area contributed by atoms with Gasteiger partial charge < -0.3 is 5.32 Å². The Morgan fingerprint density at radius 3 is 2.79 bits per heavy atom. The van der Waals surface area contributed by atoms with Crippen molar-refractivity contribution >= 4 is 20.9 Å². The van der Waals surface area contributed by atoms with E-state index in [-0.39, 0.29) is 11.8 Å². The van der Waals surface area contributed by atoms with Gasteiger partial charge in [0.05, 0.1) is 28.7 Å². The fourth-order valence-electron chi connectivity index (χ4n) is 2.02. The molecule has 0 fully saturated rings. The van der Waals surface area contributed by atoms with Crippen molar-refractivity contribution in [3.8, 4) is 0 Å². The molecule has 6 heteroatoms. The van der Waals surface area contributed by atoms with E-state index in [1.807, 2.05) is 24.3 Å². The van der Waals surface area contributed by atoms with Crippen LogP contribution in [0.25, 0.3) is 11.0 Å². The Kier molecular flexibility index (Phi) is 3.04. The maximum absolute atomic E-state index is 11.3. The Balaban J connectivity index is 1.71. The molecular weight excluding hydrogens is 262 g/mol. The first-order chi connectivity index (χ1) is 9.12. The van der Waals surface area contributed by atoms with E-state index in [4.69, 9.17) is 0 Å². The molecule has 0 amide bonds. The van der Waals surface area contributed by atoms with E-state index < -0.39 is 9.84 Å². The summed E-state index contributed by atoms with van der Waals surface area (Å²) in [6.07, 6.45) is 3.38. The molecule has 0 aliphatic carbocycles. The van der Waals surface area contributed by atoms with E-state index in [1.54, 1.807) is 12.3 Å². The lowest BCUT2D eigenvalue weighted by Crippen LogP contribution is -2.29. The number of para-hydroxylation sites is 2. The van der Waals surface area contributed by atoms with Gasteiger partial charge in [0.25, 0.3) is 0 Å². The Hall–Kier alpha value is -1.79. The van der Waals surface area contributed by atoms with E-state index in [2.05, 4.69) is 15.3 Å². The van der Waals surface area contributed by atoms with Crippen LogP contribution in [0.15, 0.2) is 41.9 Å². The van der Waals surface area contributed by atoms with Crippen molar-refractivity contribution in [2.75, 3.05) is 5.75 Å². The predicted octanol–water partition coefficient (Wildman–Crippen LogP) is 1.03. The van der Waals surface area contributed by atoms with Crippen LogP contribution in [-0.2, 0) is 16.4 Å². The Morgan fingerprint density at radius 2 is 2.05 bits per heavy atom. The average Bonchev–Trinajstić information content (AvgIpc) is 2.76. The molecule has 1 N–H and O–H groups in total. The zero-order chi connectivity index (χ0) is 13.3. The molecule has 0 saturated heterocycles. The molecule has 0 bridgehead atoms. The molecule has 5 nitrogen and oxygen atoms in total. The summed E-state index contributed by atoms with van der Waals surface area (Å²) < 4.78 is 22.5. The topological polar surface area (TPSA) is 72.0 Å². The summed E-state index contributed by atoms with van der Waals surface area (Å²) in [5.41, 5.74) is 2.50. The van der Waals surface area contributed by atoms with Gasteiger partial charge in [-0.1, -0.05) is 18.2 Å². The van der Waals surface area contributed by atoms with Crippen molar-refractivity contribution < 1.29 is 8.42 Å². The first-order valence-corrected chi connectivity index (χ1v) is 7.69. The second kappa shape index (κ2) is 4.71. The van der Waals surface area contributed by atoms with Gasteiger partial charge in [-0.2, -0.15) is 0 Å². The minimum Gasteiger partial charge on any atom is -0.304 e. The molecule has 98 valence electrons. The van der Waals surface area contributed by atoms with Crippen LogP contribution in [0.3, 0.4) is 0 Å². The summed E-state index contributed by atoms with van der Waals surface area (Å²) in [7, 11) is -3.01. The molecule has 1 aliphatic rings. The molecule has 2 heterocycles. The number of hydrogen-bond acceptors (Lipinski definition) is 5. The monoisotopic (exact) mass is 275 g/mol. The largest absolute Gasteiger partial charge is 0.304 e. The molecule has 1 aliphatic heterocycles. The highest BCUT2D eigenvalue weighted by Gasteiger charge is 2.20. The van der Waals surface area contributed by atoms with Crippen molar-refractivity contribution in [1.82, 2.24) is 15.3 Å². The number of rotatable bonds is 3. The number of fused-ring (bicyclic) bond motifs is 1. The van der Waals surface area contributed by atoms with Crippen molar-refractivity contribution in [3.63, 3.8) is 0 Å². The molecule has 1 atom stereocenters. The van der Waals surface area contributed by atoms with Crippen LogP contribution in [0, 0.1) is 0 Å². The Bertz CT molecular complexity index is 740. The molecule has 0 radical (unpaired) electrons. The van der Waals surface area contributed by atoms with Gasteiger partial charge in [0, 0.05) is 18.0 Å². The fraction of sp³-hybridized carbons (Fsp3) is 0.231. The molecule has 1 unspecified atom stereocenters. The smallest absolute Gasteiger partial charge is 0.173 e. The lowest BCUT2D eigenvalue weighted by atomic mass is 10.3. The van der Waals surface area contributed by atoms with Crippen LogP contribution in [0.2, 0.25) is 0 Å². The first kappa shape index (κ1) is 12.3. The molecule has 1 aromatic carbocycles. The van der Waals surface area contributed by atoms with Crippen LogP contribution in [-0.4, -0.2) is 30.2 Å². The first-order valence-electron chi connectivity index (χ1n) is 5.97. The number of aromatic nitrogens is 2. The van der Waals surface area contributed by atoms with Gasteiger partial charge >= 0.3 is 0 Å². The summed E-state index contributed by atoms with van der Waals surface area (Å²) in [5.74, 6) is 0.119. The summed E-state index contributed by atoms with van der Waals surface area (Å²) in [6, 6.07) is 7.51. The summed E-state index contributed by atoms with van der Waals surface area (Å²) in [4.78, 5) is 8.79. The van der Waals surface area contributed by atoms with Gasteiger partial charge in [-0.3, -0.25) is 4.98 Å². The number of benzene rings is 1. The lowest BCUT2D eigenvalue weighted by molar-refractivity contribution is 0.588. The highest BCUT2D eigenvalue weighted by Crippen LogP contribution is 2.10. The van der Waals surface area contributed by atoms with Crippen molar-refractivity contribution in [1.29, 1.82) is 0 Å². The molecule has 3 rings (SSSR count). The highest BCUT2D eigenvalue weighted by molar-refractivity contribution is 7.94. The minimum atomic E-state index is -3.01. The SMILES string of the molecule is O=S1(=O)C=CC(NCc2cnc3ccccc3n2)C1. The quantitative estimate of drug-likeness (QED) is 0.906. The van der Waals surface area contributed by atoms with Gasteiger partial charge in [-0.25, -0.2) is 13.4 Å². The van der Waals surface area contributed by atoms with E-state index in [0.717, 1.165) is 16.7 Å². The fourth-order valence-corrected chi connectivity index (χ4v) is 3.29. The number of nitrogens with zero attached hydrogens (tertiary/aromatic N) is 2. The van der Waals surface area contributed by atoms with E-state index in [9.17, 15) is 8.42 Å². The lowest BCUT2D eigenvalue weighted by Gasteiger charge is -2.09. The summed E-state index contributed by atoms with van der Waals surface area (Å²) in [6.45, 7) is 0.502. The zero-order valence-corrected chi connectivity index (χ0v) is 11.0. The third-order valence-corrected chi connectivity index (χ3v) is 4.37. The standard InChI is InChI=1S/C13H13N3O2S/c17-19(18)6-5-10(9-19)14-7-11-8-15-12-3-1-2-4-13(12)16-11/h1-6,8,10,14H,7,9H2. The van der Waals surface area contributed by atoms with Gasteiger partial charge in [-0.15, -0.1) is 0 Å². The van der Waals surface area contributed by atoms with Crippen LogP contribution in [0.4, 0.5) is 0 Å². The minimum absolute atomic E-state index is 0.119. The van der Waals surface area contributed by atoms with Gasteiger partial charge in [0.15, 0.2) is 9.84 Å². The van der Waals surface area contributed by atoms with Crippen molar-refractivity contribution in [2.24, 2.45) is 0 Å². The van der Waals surface area contributed by atoms with Crippen LogP contribution in [0.5, 0.6) is 0 Å². The van der Waals surface area contributed by atoms with Crippen molar-refractivity contribution in [3.05, 3.63) is 47.6 Å². The molecule has 0 spiro atoms. The van der Waals surface area contributed by atoms with Gasteiger partial charge in [0.2, 0.25) is 0 Å². The molecule has 0 saturated carbocycles. The zero-order valence-electron chi connectivity index (χ0n) is 10.2. The molecule has 2 aromatic rings. The van der Waals surface area contributed by atoms with Crippen LogP contribution in [0.1, 0.15) is 5.69 Å². The molecule has 1 aromatic heterocycles. The van der Waals surface area contributed by atoms with E-state index >= 15 is 0 Å². The highest BCUT2D eigenvalue weighted by atomic mass is 32.2. The maximum atomic E-state index is 11.3. The predicted molar refractivity (Wildman–Crippen MR) is 73.1 cm³/mol. The normalized spacial score (nSPS) is 20.9. The molecule has 19 heavy (non-hydrogen) atoms. The summed E-state index contributed by atoms with van der Waals surface area (Å²) in [5, 5.41) is 4.41. The van der Waals surface area contributed by atoms with E-state index in [1.165, 1.54) is 5.41 Å². The Labute approximate surface area is 111 Å². The van der Waals surface area contributed by atoms with Crippen LogP contribution < -0.4 is 5.32 Å². The maximum Gasteiger partial charge on any atom is 0.173 e. The van der Waals surface area contributed by atoms with Crippen molar-refractivity contribution in [2.45, 2.75) is 12.6 Å². The number of sulfone groups is 1. The third kappa shape index (κ3) is 2.80. The second-order valence-electron chi connectivity index (χ2n) is 4.50. The van der Waals surface area contributed by atoms with E-state index in [0.29, 0.717) is 6.54 Å². The second-order valence-corrected chi connectivity index (χ2v) is 6.43.